The number of aromatic amines is 1. The van der Waals surface area contributed by atoms with Crippen LogP contribution in [0.2, 0.25) is 0 Å². The highest BCUT2D eigenvalue weighted by Crippen LogP contribution is 2.44. The zero-order chi connectivity index (χ0) is 30.6. The number of thiophene rings is 1. The lowest BCUT2D eigenvalue weighted by atomic mass is 9.88. The molecule has 3 aromatic rings. The minimum absolute atomic E-state index is 0.248. The van der Waals surface area contributed by atoms with E-state index in [0.717, 1.165) is 50.2 Å². The maximum absolute atomic E-state index is 14.0. The maximum Gasteiger partial charge on any atom is 0.233 e. The van der Waals surface area contributed by atoms with E-state index in [1.165, 1.54) is 76.7 Å². The second-order valence-electron chi connectivity index (χ2n) is 15.0. The van der Waals surface area contributed by atoms with E-state index in [1.54, 1.807) is 11.3 Å². The Hall–Kier alpha value is -2.64. The largest absolute Gasteiger partial charge is 0.353 e. The van der Waals surface area contributed by atoms with Crippen molar-refractivity contribution in [3.05, 3.63) is 45.8 Å². The summed E-state index contributed by atoms with van der Waals surface area (Å²) in [6.45, 7) is 11.7. The standard InChI is InChI=1S/C37H50N4O2S/c1-23-17-24(2)19-26(18-23)34-30(14-16-40-15-13-25(22-40)20-33(42)38-27-7-5-6-8-27)31-21-32(44-35(31)39-34)37(3,4)36(43)41-28-9-10-29(41)12-11-28/h17-19,21,25,27-29,39H,5-16,20,22H2,1-4H3,(H,38,42). The smallest absolute Gasteiger partial charge is 0.233 e. The summed E-state index contributed by atoms with van der Waals surface area (Å²) in [6, 6.07) is 10.4. The average molecular weight is 615 g/mol. The summed E-state index contributed by atoms with van der Waals surface area (Å²) >= 11 is 1.77. The molecule has 1 atom stereocenters. The number of amides is 2. The second kappa shape index (κ2) is 11.9. The molecular weight excluding hydrogens is 565 g/mol. The molecule has 1 unspecified atom stereocenters. The Labute approximate surface area is 267 Å². The number of benzene rings is 1. The van der Waals surface area contributed by atoms with Crippen molar-refractivity contribution in [2.45, 2.75) is 122 Å². The van der Waals surface area contributed by atoms with E-state index in [2.05, 4.69) is 72.1 Å². The summed E-state index contributed by atoms with van der Waals surface area (Å²) in [5.41, 5.74) is 5.84. The highest BCUT2D eigenvalue weighted by molar-refractivity contribution is 7.19. The molecule has 236 valence electrons. The first-order valence-corrected chi connectivity index (χ1v) is 18.1. The molecule has 2 aromatic heterocycles. The van der Waals surface area contributed by atoms with E-state index >= 15 is 0 Å². The molecule has 1 aliphatic carbocycles. The third kappa shape index (κ3) is 5.75. The highest BCUT2D eigenvalue weighted by atomic mass is 32.1. The fraction of sp³-hybridized carbons (Fsp3) is 0.622. The molecule has 0 radical (unpaired) electrons. The number of aromatic nitrogens is 1. The van der Waals surface area contributed by atoms with Crippen molar-refractivity contribution in [2.24, 2.45) is 5.92 Å². The van der Waals surface area contributed by atoms with Crippen molar-refractivity contribution in [3.8, 4) is 11.3 Å². The molecule has 7 rings (SSSR count). The van der Waals surface area contributed by atoms with Crippen LogP contribution in [0, 0.1) is 19.8 Å². The maximum atomic E-state index is 14.0. The number of rotatable bonds is 9. The quantitative estimate of drug-likeness (QED) is 0.267. The van der Waals surface area contributed by atoms with Crippen LogP contribution in [0.15, 0.2) is 24.3 Å². The van der Waals surface area contributed by atoms with Crippen molar-refractivity contribution >= 4 is 33.4 Å². The predicted molar refractivity (Wildman–Crippen MR) is 180 cm³/mol. The Morgan fingerprint density at radius 3 is 2.32 bits per heavy atom. The lowest BCUT2D eigenvalue weighted by Gasteiger charge is -2.31. The Kier molecular flexibility index (Phi) is 8.15. The van der Waals surface area contributed by atoms with E-state index in [0.29, 0.717) is 36.4 Å². The van der Waals surface area contributed by atoms with Crippen LogP contribution in [0.3, 0.4) is 0 Å². The van der Waals surface area contributed by atoms with Gasteiger partial charge in [0.15, 0.2) is 0 Å². The predicted octanol–water partition coefficient (Wildman–Crippen LogP) is 7.26. The number of likely N-dealkylation sites (tertiary alicyclic amines) is 1. The molecule has 4 fully saturated rings. The van der Waals surface area contributed by atoms with Gasteiger partial charge in [-0.15, -0.1) is 11.3 Å². The van der Waals surface area contributed by atoms with Gasteiger partial charge < -0.3 is 20.1 Å². The monoisotopic (exact) mass is 614 g/mol. The number of fused-ring (bicyclic) bond motifs is 3. The van der Waals surface area contributed by atoms with Crippen molar-refractivity contribution in [1.29, 1.82) is 0 Å². The molecule has 0 spiro atoms. The molecule has 6 nitrogen and oxygen atoms in total. The van der Waals surface area contributed by atoms with Crippen LogP contribution in [0.5, 0.6) is 0 Å². The van der Waals surface area contributed by atoms with Crippen molar-refractivity contribution in [3.63, 3.8) is 0 Å². The molecule has 7 heteroatoms. The summed E-state index contributed by atoms with van der Waals surface area (Å²) < 4.78 is 0. The Morgan fingerprint density at radius 1 is 0.955 bits per heavy atom. The summed E-state index contributed by atoms with van der Waals surface area (Å²) in [5.74, 6) is 1.00. The van der Waals surface area contributed by atoms with E-state index in [1.807, 2.05) is 0 Å². The van der Waals surface area contributed by atoms with Gasteiger partial charge in [0.25, 0.3) is 0 Å². The zero-order valence-electron chi connectivity index (χ0n) is 27.1. The van der Waals surface area contributed by atoms with Gasteiger partial charge >= 0.3 is 0 Å². The van der Waals surface area contributed by atoms with Crippen LogP contribution in [0.1, 0.15) is 99.6 Å². The van der Waals surface area contributed by atoms with Gasteiger partial charge in [-0.05, 0) is 121 Å². The van der Waals surface area contributed by atoms with Gasteiger partial charge in [0.05, 0.1) is 11.1 Å². The Morgan fingerprint density at radius 2 is 1.64 bits per heavy atom. The molecule has 1 aromatic carbocycles. The molecule has 2 bridgehead atoms. The van der Waals surface area contributed by atoms with Gasteiger partial charge in [-0.2, -0.15) is 0 Å². The van der Waals surface area contributed by atoms with Crippen LogP contribution in [0.25, 0.3) is 21.5 Å². The summed E-state index contributed by atoms with van der Waals surface area (Å²) in [6.07, 6.45) is 12.2. The van der Waals surface area contributed by atoms with Crippen molar-refractivity contribution in [2.75, 3.05) is 19.6 Å². The Balaban J connectivity index is 1.11. The summed E-state index contributed by atoms with van der Waals surface area (Å²) in [7, 11) is 0. The van der Waals surface area contributed by atoms with E-state index in [9.17, 15) is 9.59 Å². The first kappa shape index (κ1) is 30.0. The normalized spacial score (nSPS) is 24.3. The number of hydrogen-bond donors (Lipinski definition) is 2. The van der Waals surface area contributed by atoms with Gasteiger partial charge in [-0.3, -0.25) is 9.59 Å². The average Bonchev–Trinajstić information content (AvgIpc) is 3.82. The van der Waals surface area contributed by atoms with Crippen molar-refractivity contribution < 1.29 is 9.59 Å². The fourth-order valence-electron chi connectivity index (χ4n) is 8.81. The van der Waals surface area contributed by atoms with E-state index in [4.69, 9.17) is 0 Å². The van der Waals surface area contributed by atoms with E-state index < -0.39 is 5.41 Å². The van der Waals surface area contributed by atoms with Gasteiger partial charge in [0.2, 0.25) is 11.8 Å². The summed E-state index contributed by atoms with van der Waals surface area (Å²) in [4.78, 5) is 37.6. The SMILES string of the molecule is Cc1cc(C)cc(-c2[nH]c3sc(C(C)(C)C(=O)N4C5CCC4CC5)cc3c2CCN2CCC(CC(=O)NC3CCCC3)C2)c1. The number of carbonyl (C=O) groups is 2. The van der Waals surface area contributed by atoms with Crippen LogP contribution in [0.4, 0.5) is 0 Å². The molecule has 1 saturated carbocycles. The number of H-pyrrole nitrogens is 1. The topological polar surface area (TPSA) is 68.4 Å². The zero-order valence-corrected chi connectivity index (χ0v) is 28.0. The van der Waals surface area contributed by atoms with Crippen LogP contribution in [-0.2, 0) is 21.4 Å². The molecule has 4 aliphatic rings. The van der Waals surface area contributed by atoms with Gasteiger partial charge in [0.1, 0.15) is 4.83 Å². The number of nitrogens with zero attached hydrogens (tertiary/aromatic N) is 2. The minimum atomic E-state index is -0.533. The van der Waals surface area contributed by atoms with Gasteiger partial charge in [-0.25, -0.2) is 0 Å². The number of nitrogens with one attached hydrogen (secondary N) is 2. The first-order valence-electron chi connectivity index (χ1n) is 17.2. The van der Waals surface area contributed by atoms with Crippen LogP contribution in [-0.4, -0.2) is 64.4 Å². The first-order chi connectivity index (χ1) is 21.2. The molecule has 3 aliphatic heterocycles. The van der Waals surface area contributed by atoms with Crippen molar-refractivity contribution in [1.82, 2.24) is 20.1 Å². The molecule has 5 heterocycles. The van der Waals surface area contributed by atoms with E-state index in [-0.39, 0.29) is 5.91 Å². The number of carbonyl (C=O) groups excluding carboxylic acids is 2. The number of hydrogen-bond acceptors (Lipinski definition) is 4. The molecular formula is C37H50N4O2S. The lowest BCUT2D eigenvalue weighted by Crippen LogP contribution is -2.45. The molecule has 44 heavy (non-hydrogen) atoms. The minimum Gasteiger partial charge on any atom is -0.353 e. The third-order valence-electron chi connectivity index (χ3n) is 11.2. The second-order valence-corrected chi connectivity index (χ2v) is 16.0. The van der Waals surface area contributed by atoms with Gasteiger partial charge in [-0.1, -0.05) is 30.0 Å². The Bertz CT molecular complexity index is 1510. The van der Waals surface area contributed by atoms with Crippen LogP contribution < -0.4 is 5.32 Å². The van der Waals surface area contributed by atoms with Gasteiger partial charge in [0, 0.05) is 47.9 Å². The van der Waals surface area contributed by atoms with Crippen LogP contribution >= 0.6 is 11.3 Å². The highest BCUT2D eigenvalue weighted by Gasteiger charge is 2.47. The lowest BCUT2D eigenvalue weighted by molar-refractivity contribution is -0.137. The number of aryl methyl sites for hydroxylation is 2. The molecule has 2 N–H and O–H groups in total. The third-order valence-corrected chi connectivity index (χ3v) is 12.6. The molecule has 2 amide bonds. The fourth-order valence-corrected chi connectivity index (χ4v) is 9.99. The summed E-state index contributed by atoms with van der Waals surface area (Å²) in [5, 5.41) is 4.56. The molecule has 3 saturated heterocycles.